The number of hydrogen-bond donors (Lipinski definition) is 1. The zero-order chi connectivity index (χ0) is 13.2. The van der Waals surface area contributed by atoms with Crippen LogP contribution >= 0.6 is 0 Å². The van der Waals surface area contributed by atoms with Gasteiger partial charge in [0.2, 0.25) is 0 Å². The molecule has 0 aromatic heterocycles. The highest BCUT2D eigenvalue weighted by atomic mass is 14.9. The summed E-state index contributed by atoms with van der Waals surface area (Å²) in [6.07, 6.45) is 7.84. The lowest BCUT2D eigenvalue weighted by Crippen LogP contribution is -2.19. The van der Waals surface area contributed by atoms with E-state index in [9.17, 15) is 0 Å². The number of nitrogens with one attached hydrogen (secondary N) is 1. The lowest BCUT2D eigenvalue weighted by Gasteiger charge is -2.02. The SMILES string of the molecule is C.C.CCC.CCC.CCC.CCC1CCCN1. The molecule has 0 aromatic carbocycles. The molecule has 0 saturated carbocycles. The van der Waals surface area contributed by atoms with Crippen molar-refractivity contribution in [2.75, 3.05) is 6.54 Å². The van der Waals surface area contributed by atoms with E-state index >= 15 is 0 Å². The van der Waals surface area contributed by atoms with E-state index in [2.05, 4.69) is 53.8 Å². The highest BCUT2D eigenvalue weighted by Crippen LogP contribution is 2.06. The maximum absolute atomic E-state index is 3.41. The van der Waals surface area contributed by atoms with Crippen molar-refractivity contribution in [3.63, 3.8) is 0 Å². The summed E-state index contributed by atoms with van der Waals surface area (Å²) in [6.45, 7) is 16.2. The molecule has 1 nitrogen and oxygen atoms in total. The first-order valence-electron chi connectivity index (χ1n) is 7.41. The molecule has 1 N–H and O–H groups in total. The minimum atomic E-state index is 0. The van der Waals surface area contributed by atoms with Crippen LogP contribution in [0, 0.1) is 0 Å². The van der Waals surface area contributed by atoms with Crippen LogP contribution in [-0.2, 0) is 0 Å². The van der Waals surface area contributed by atoms with Gasteiger partial charge in [0.1, 0.15) is 0 Å². The second-order valence-corrected chi connectivity index (χ2v) is 4.32. The third-order valence-corrected chi connectivity index (χ3v) is 1.66. The quantitative estimate of drug-likeness (QED) is 0.557. The Morgan fingerprint density at radius 2 is 1.11 bits per heavy atom. The molecular formula is C17H45N. The number of rotatable bonds is 1. The monoisotopic (exact) mass is 263 g/mol. The molecule has 0 aliphatic carbocycles. The molecule has 1 heteroatoms. The minimum Gasteiger partial charge on any atom is -0.314 e. The average Bonchev–Trinajstić information content (AvgIpc) is 2.73. The Kier molecular flexibility index (Phi) is 61.5. The van der Waals surface area contributed by atoms with E-state index in [0.717, 1.165) is 6.04 Å². The summed E-state index contributed by atoms with van der Waals surface area (Å²) in [7, 11) is 0. The van der Waals surface area contributed by atoms with Gasteiger partial charge in [0, 0.05) is 6.04 Å². The van der Waals surface area contributed by atoms with Crippen LogP contribution in [-0.4, -0.2) is 12.6 Å². The van der Waals surface area contributed by atoms with Crippen LogP contribution in [0.2, 0.25) is 0 Å². The topological polar surface area (TPSA) is 12.0 Å². The zero-order valence-corrected chi connectivity index (χ0v) is 13.0. The fourth-order valence-electron chi connectivity index (χ4n) is 1.11. The molecule has 1 aliphatic heterocycles. The van der Waals surface area contributed by atoms with Crippen LogP contribution in [0.4, 0.5) is 0 Å². The molecular weight excluding hydrogens is 218 g/mol. The minimum absolute atomic E-state index is 0. The van der Waals surface area contributed by atoms with Crippen molar-refractivity contribution in [3.8, 4) is 0 Å². The zero-order valence-electron chi connectivity index (χ0n) is 13.0. The van der Waals surface area contributed by atoms with Crippen molar-refractivity contribution in [2.45, 2.75) is 108 Å². The highest BCUT2D eigenvalue weighted by molar-refractivity contribution is 4.71. The van der Waals surface area contributed by atoms with Crippen LogP contribution in [0.1, 0.15) is 102 Å². The predicted molar refractivity (Wildman–Crippen MR) is 92.7 cm³/mol. The molecule has 1 rings (SSSR count). The second kappa shape index (κ2) is 36.0. The lowest BCUT2D eigenvalue weighted by atomic mass is 10.2. The Balaban J connectivity index is -0.0000000449. The van der Waals surface area contributed by atoms with Gasteiger partial charge in [-0.3, -0.25) is 0 Å². The van der Waals surface area contributed by atoms with Crippen LogP contribution in [0.3, 0.4) is 0 Å². The van der Waals surface area contributed by atoms with Crippen molar-refractivity contribution in [3.05, 3.63) is 0 Å². The first-order valence-corrected chi connectivity index (χ1v) is 7.41. The maximum atomic E-state index is 3.41. The van der Waals surface area contributed by atoms with Gasteiger partial charge in [-0.25, -0.2) is 0 Å². The summed E-state index contributed by atoms with van der Waals surface area (Å²) in [5.41, 5.74) is 0. The van der Waals surface area contributed by atoms with Crippen molar-refractivity contribution >= 4 is 0 Å². The van der Waals surface area contributed by atoms with Crippen LogP contribution in [0.15, 0.2) is 0 Å². The summed E-state index contributed by atoms with van der Waals surface area (Å²) in [5, 5.41) is 3.41. The van der Waals surface area contributed by atoms with E-state index in [1.54, 1.807) is 0 Å². The second-order valence-electron chi connectivity index (χ2n) is 4.32. The van der Waals surface area contributed by atoms with Gasteiger partial charge in [-0.05, 0) is 25.8 Å². The molecule has 118 valence electrons. The van der Waals surface area contributed by atoms with E-state index in [4.69, 9.17) is 0 Å². The van der Waals surface area contributed by atoms with Gasteiger partial charge in [0.05, 0.1) is 0 Å². The molecule has 1 fully saturated rings. The van der Waals surface area contributed by atoms with Gasteiger partial charge in [-0.15, -0.1) is 0 Å². The van der Waals surface area contributed by atoms with Gasteiger partial charge in [0.15, 0.2) is 0 Å². The Morgan fingerprint density at radius 1 is 0.778 bits per heavy atom. The summed E-state index contributed by atoms with van der Waals surface area (Å²) in [6, 6.07) is 0.847. The Bertz CT molecular complexity index is 70.9. The van der Waals surface area contributed by atoms with E-state index in [1.165, 1.54) is 45.1 Å². The van der Waals surface area contributed by atoms with Crippen LogP contribution in [0.5, 0.6) is 0 Å². The molecule has 0 bridgehead atoms. The maximum Gasteiger partial charge on any atom is 0.00649 e. The molecule has 0 spiro atoms. The Morgan fingerprint density at radius 3 is 1.22 bits per heavy atom. The molecule has 1 heterocycles. The predicted octanol–water partition coefficient (Wildman–Crippen LogP) is 6.67. The van der Waals surface area contributed by atoms with Crippen molar-refractivity contribution < 1.29 is 0 Å². The fourth-order valence-corrected chi connectivity index (χ4v) is 1.11. The molecule has 0 amide bonds. The van der Waals surface area contributed by atoms with Crippen molar-refractivity contribution in [2.24, 2.45) is 0 Å². The molecule has 1 aliphatic rings. The van der Waals surface area contributed by atoms with E-state index in [0.29, 0.717) is 0 Å². The van der Waals surface area contributed by atoms with Gasteiger partial charge in [0.25, 0.3) is 0 Å². The van der Waals surface area contributed by atoms with E-state index < -0.39 is 0 Å². The van der Waals surface area contributed by atoms with Gasteiger partial charge < -0.3 is 5.32 Å². The Labute approximate surface area is 120 Å². The normalized spacial score (nSPS) is 15.2. The summed E-state index contributed by atoms with van der Waals surface area (Å²) < 4.78 is 0. The van der Waals surface area contributed by atoms with Gasteiger partial charge in [-0.2, -0.15) is 0 Å². The third kappa shape index (κ3) is 44.5. The molecule has 1 unspecified atom stereocenters. The van der Waals surface area contributed by atoms with Crippen LogP contribution in [0.25, 0.3) is 0 Å². The molecule has 1 atom stereocenters. The highest BCUT2D eigenvalue weighted by Gasteiger charge is 2.09. The van der Waals surface area contributed by atoms with E-state index in [-0.39, 0.29) is 14.9 Å². The number of hydrogen-bond acceptors (Lipinski definition) is 1. The smallest absolute Gasteiger partial charge is 0.00649 e. The van der Waals surface area contributed by atoms with Crippen molar-refractivity contribution in [1.82, 2.24) is 5.32 Å². The average molecular weight is 264 g/mol. The molecule has 18 heavy (non-hydrogen) atoms. The summed E-state index contributed by atoms with van der Waals surface area (Å²) >= 11 is 0. The third-order valence-electron chi connectivity index (χ3n) is 1.66. The summed E-state index contributed by atoms with van der Waals surface area (Å²) in [5.74, 6) is 0. The van der Waals surface area contributed by atoms with Crippen LogP contribution < -0.4 is 5.32 Å². The van der Waals surface area contributed by atoms with E-state index in [1.807, 2.05) is 0 Å². The first kappa shape index (κ1) is 30.8. The Hall–Kier alpha value is -0.0400. The fraction of sp³-hybridized carbons (Fsp3) is 1.00. The van der Waals surface area contributed by atoms with Gasteiger partial charge >= 0.3 is 0 Å². The lowest BCUT2D eigenvalue weighted by molar-refractivity contribution is 0.587. The van der Waals surface area contributed by atoms with Crippen molar-refractivity contribution in [1.29, 1.82) is 0 Å². The molecule has 0 aromatic rings. The molecule has 0 radical (unpaired) electrons. The largest absolute Gasteiger partial charge is 0.314 e. The molecule has 1 saturated heterocycles. The standard InChI is InChI=1S/C6H13N.3C3H8.2CH4/c1-2-6-4-3-5-7-6;3*1-3-2;;/h6-7H,2-5H2,1H3;3*3H2,1-2H3;2*1H4. The first-order chi connectivity index (χ1) is 7.67. The van der Waals surface area contributed by atoms with Gasteiger partial charge in [-0.1, -0.05) is 82.6 Å². The summed E-state index contributed by atoms with van der Waals surface area (Å²) in [4.78, 5) is 0.